The fourth-order valence-electron chi connectivity index (χ4n) is 2.43. The van der Waals surface area contributed by atoms with Gasteiger partial charge < -0.3 is 15.4 Å². The van der Waals surface area contributed by atoms with Crippen LogP contribution in [0.3, 0.4) is 0 Å². The molecule has 2 rings (SSSR count). The van der Waals surface area contributed by atoms with Crippen molar-refractivity contribution in [1.82, 2.24) is 5.32 Å². The van der Waals surface area contributed by atoms with E-state index in [1.807, 2.05) is 0 Å². The van der Waals surface area contributed by atoms with E-state index < -0.39 is 15.8 Å². The SMILES string of the molecule is COC(=O)c1cc(NC(=O)C2CCCCN2)cc(S(C)(=O)=O)c1. The second-order valence-corrected chi connectivity index (χ2v) is 7.52. The third kappa shape index (κ3) is 4.52. The van der Waals surface area contributed by atoms with Crippen LogP contribution >= 0.6 is 0 Å². The maximum Gasteiger partial charge on any atom is 0.337 e. The van der Waals surface area contributed by atoms with Crippen molar-refractivity contribution in [1.29, 1.82) is 0 Å². The van der Waals surface area contributed by atoms with Crippen molar-refractivity contribution < 1.29 is 22.7 Å². The number of methoxy groups -OCH3 is 1. The van der Waals surface area contributed by atoms with E-state index in [0.29, 0.717) is 0 Å². The molecule has 7 nitrogen and oxygen atoms in total. The number of sulfone groups is 1. The van der Waals surface area contributed by atoms with Gasteiger partial charge in [0.25, 0.3) is 0 Å². The van der Waals surface area contributed by atoms with Crippen molar-refractivity contribution in [3.05, 3.63) is 23.8 Å². The summed E-state index contributed by atoms with van der Waals surface area (Å²) in [7, 11) is -2.32. The van der Waals surface area contributed by atoms with Crippen LogP contribution in [0.5, 0.6) is 0 Å². The van der Waals surface area contributed by atoms with E-state index in [9.17, 15) is 18.0 Å². The van der Waals surface area contributed by atoms with Gasteiger partial charge in [-0.25, -0.2) is 13.2 Å². The molecule has 0 aliphatic carbocycles. The molecule has 1 aliphatic rings. The Kier molecular flexibility index (Phi) is 5.38. The quantitative estimate of drug-likeness (QED) is 0.792. The summed E-state index contributed by atoms with van der Waals surface area (Å²) in [5.41, 5.74) is 0.327. The largest absolute Gasteiger partial charge is 0.465 e. The lowest BCUT2D eigenvalue weighted by molar-refractivity contribution is -0.118. The Hall–Kier alpha value is -1.93. The number of anilines is 1. The molecule has 0 bridgehead atoms. The van der Waals surface area contributed by atoms with Gasteiger partial charge in [0.05, 0.1) is 23.6 Å². The molecule has 1 aromatic rings. The van der Waals surface area contributed by atoms with Crippen LogP contribution in [0.25, 0.3) is 0 Å². The normalized spacial score (nSPS) is 18.3. The molecule has 1 aromatic carbocycles. The predicted octanol–water partition coefficient (Wildman–Crippen LogP) is 0.957. The van der Waals surface area contributed by atoms with Crippen molar-refractivity contribution in [3.63, 3.8) is 0 Å². The van der Waals surface area contributed by atoms with E-state index in [2.05, 4.69) is 15.4 Å². The van der Waals surface area contributed by atoms with Gasteiger partial charge in [0, 0.05) is 11.9 Å². The van der Waals surface area contributed by atoms with E-state index >= 15 is 0 Å². The summed E-state index contributed by atoms with van der Waals surface area (Å²) >= 11 is 0. The summed E-state index contributed by atoms with van der Waals surface area (Å²) in [6.07, 6.45) is 3.75. The minimum atomic E-state index is -3.52. The molecule has 0 spiro atoms. The van der Waals surface area contributed by atoms with Crippen LogP contribution in [-0.4, -0.2) is 46.2 Å². The lowest BCUT2D eigenvalue weighted by Gasteiger charge is -2.22. The summed E-state index contributed by atoms with van der Waals surface area (Å²) in [6, 6.07) is 3.66. The molecule has 1 aliphatic heterocycles. The zero-order valence-corrected chi connectivity index (χ0v) is 13.9. The van der Waals surface area contributed by atoms with E-state index in [0.717, 1.165) is 32.1 Å². The standard InChI is InChI=1S/C15H20N2O5S/c1-22-15(19)10-7-11(9-12(8-10)23(2,20)21)17-14(18)13-5-3-4-6-16-13/h7-9,13,16H,3-6H2,1-2H3,(H,17,18). The molecule has 8 heteroatoms. The lowest BCUT2D eigenvalue weighted by atomic mass is 10.0. The first-order valence-corrected chi connectivity index (χ1v) is 9.18. The lowest BCUT2D eigenvalue weighted by Crippen LogP contribution is -2.43. The number of nitrogens with one attached hydrogen (secondary N) is 2. The number of carbonyl (C=O) groups excluding carboxylic acids is 2. The van der Waals surface area contributed by atoms with Crippen LogP contribution in [0.1, 0.15) is 29.6 Å². The summed E-state index contributed by atoms with van der Waals surface area (Å²) in [6.45, 7) is 0.773. The molecule has 1 atom stereocenters. The van der Waals surface area contributed by atoms with Crippen LogP contribution in [0, 0.1) is 0 Å². The summed E-state index contributed by atoms with van der Waals surface area (Å²) < 4.78 is 28.1. The monoisotopic (exact) mass is 340 g/mol. The molecular weight excluding hydrogens is 320 g/mol. The Balaban J connectivity index is 2.29. The molecule has 0 saturated carbocycles. The topological polar surface area (TPSA) is 102 Å². The van der Waals surface area contributed by atoms with Gasteiger partial charge in [0.1, 0.15) is 0 Å². The first kappa shape index (κ1) is 17.4. The molecule has 0 radical (unpaired) electrons. The van der Waals surface area contributed by atoms with E-state index in [-0.39, 0.29) is 28.1 Å². The smallest absolute Gasteiger partial charge is 0.337 e. The van der Waals surface area contributed by atoms with Crippen molar-refractivity contribution in [2.45, 2.75) is 30.2 Å². The minimum Gasteiger partial charge on any atom is -0.465 e. The van der Waals surface area contributed by atoms with Gasteiger partial charge in [-0.1, -0.05) is 6.42 Å². The Morgan fingerprint density at radius 2 is 2.00 bits per heavy atom. The van der Waals surface area contributed by atoms with Gasteiger partial charge in [-0.05, 0) is 37.6 Å². The second kappa shape index (κ2) is 7.10. The number of benzene rings is 1. The first-order chi connectivity index (χ1) is 10.8. The van der Waals surface area contributed by atoms with Crippen LogP contribution < -0.4 is 10.6 Å². The van der Waals surface area contributed by atoms with Crippen LogP contribution in [0.4, 0.5) is 5.69 Å². The van der Waals surface area contributed by atoms with Gasteiger partial charge in [-0.15, -0.1) is 0 Å². The summed E-state index contributed by atoms with van der Waals surface area (Å²) in [4.78, 5) is 23.9. The zero-order valence-electron chi connectivity index (χ0n) is 13.1. The van der Waals surface area contributed by atoms with Crippen molar-refractivity contribution in [2.24, 2.45) is 0 Å². The Morgan fingerprint density at radius 3 is 2.57 bits per heavy atom. The molecule has 1 unspecified atom stereocenters. The number of hydrogen-bond acceptors (Lipinski definition) is 6. The van der Waals surface area contributed by atoms with Gasteiger partial charge in [-0.2, -0.15) is 0 Å². The number of piperidine rings is 1. The number of carbonyl (C=O) groups is 2. The molecule has 23 heavy (non-hydrogen) atoms. The fraction of sp³-hybridized carbons (Fsp3) is 0.467. The first-order valence-electron chi connectivity index (χ1n) is 7.29. The molecule has 1 heterocycles. The average molecular weight is 340 g/mol. The molecule has 1 amide bonds. The number of ether oxygens (including phenoxy) is 1. The average Bonchev–Trinajstić information content (AvgIpc) is 2.53. The number of rotatable bonds is 4. The zero-order chi connectivity index (χ0) is 17.0. The van der Waals surface area contributed by atoms with Crippen molar-refractivity contribution in [2.75, 3.05) is 25.2 Å². The molecular formula is C15H20N2O5S. The Labute approximate surface area is 135 Å². The van der Waals surface area contributed by atoms with E-state index in [1.54, 1.807) is 0 Å². The summed E-state index contributed by atoms with van der Waals surface area (Å²) in [5.74, 6) is -0.909. The maximum atomic E-state index is 12.2. The van der Waals surface area contributed by atoms with Crippen LogP contribution in [0.15, 0.2) is 23.1 Å². The maximum absolute atomic E-state index is 12.2. The Morgan fingerprint density at radius 1 is 1.26 bits per heavy atom. The second-order valence-electron chi connectivity index (χ2n) is 5.50. The number of hydrogen-bond donors (Lipinski definition) is 2. The van der Waals surface area contributed by atoms with Crippen molar-refractivity contribution >= 4 is 27.4 Å². The predicted molar refractivity (Wildman–Crippen MR) is 85.2 cm³/mol. The highest BCUT2D eigenvalue weighted by atomic mass is 32.2. The minimum absolute atomic E-state index is 0.0488. The van der Waals surface area contributed by atoms with Gasteiger partial charge in [0.15, 0.2) is 9.84 Å². The fourth-order valence-corrected chi connectivity index (χ4v) is 3.11. The van der Waals surface area contributed by atoms with E-state index in [1.165, 1.54) is 25.3 Å². The highest BCUT2D eigenvalue weighted by molar-refractivity contribution is 7.90. The number of esters is 1. The highest BCUT2D eigenvalue weighted by Crippen LogP contribution is 2.20. The van der Waals surface area contributed by atoms with Crippen molar-refractivity contribution in [3.8, 4) is 0 Å². The molecule has 1 fully saturated rings. The molecule has 2 N–H and O–H groups in total. The molecule has 0 aromatic heterocycles. The third-order valence-electron chi connectivity index (χ3n) is 3.65. The highest BCUT2D eigenvalue weighted by Gasteiger charge is 2.22. The van der Waals surface area contributed by atoms with E-state index in [4.69, 9.17) is 0 Å². The van der Waals surface area contributed by atoms with Gasteiger partial charge >= 0.3 is 5.97 Å². The molecule has 126 valence electrons. The molecule has 1 saturated heterocycles. The van der Waals surface area contributed by atoms with Crippen LogP contribution in [-0.2, 0) is 19.4 Å². The van der Waals surface area contributed by atoms with Crippen LogP contribution in [0.2, 0.25) is 0 Å². The Bertz CT molecular complexity index is 709. The summed E-state index contributed by atoms with van der Waals surface area (Å²) in [5, 5.41) is 5.78. The third-order valence-corrected chi connectivity index (χ3v) is 4.74. The van der Waals surface area contributed by atoms with Gasteiger partial charge in [-0.3, -0.25) is 4.79 Å². The van der Waals surface area contributed by atoms with Gasteiger partial charge in [0.2, 0.25) is 5.91 Å². The number of amides is 1.